The highest BCUT2D eigenvalue weighted by Gasteiger charge is 2.21. The molecule has 0 radical (unpaired) electrons. The number of aromatic carboxylic acids is 1. The Morgan fingerprint density at radius 1 is 0.861 bits per heavy atom. The molecule has 5 rings (SSSR count). The predicted octanol–water partition coefficient (Wildman–Crippen LogP) is 5.64. The number of carboxylic acids is 2. The number of Topliss-reactive ketones (excluding diaryl/α,β-unsaturated/α-hetero) is 1. The van der Waals surface area contributed by atoms with Crippen LogP contribution in [0.5, 0.6) is 0 Å². The molecule has 2 aromatic heterocycles. The first kappa shape index (κ1) is 23.2. The maximum Gasteiger partial charge on any atom is 0.335 e. The Bertz CT molecular complexity index is 1680. The van der Waals surface area contributed by atoms with Crippen molar-refractivity contribution in [3.8, 4) is 17.2 Å². The summed E-state index contributed by atoms with van der Waals surface area (Å²) in [6, 6.07) is 19.2. The molecule has 8 nitrogen and oxygen atoms in total. The monoisotopic (exact) mass is 499 g/mol. The van der Waals surface area contributed by atoms with Gasteiger partial charge in [0.1, 0.15) is 0 Å². The zero-order valence-electron chi connectivity index (χ0n) is 18.7. The summed E-state index contributed by atoms with van der Waals surface area (Å²) in [5.74, 6) is -2.38. The lowest BCUT2D eigenvalue weighted by molar-refractivity contribution is -0.136. The number of nitrogens with zero attached hydrogens (tertiary/aromatic N) is 3. The minimum Gasteiger partial charge on any atom is -0.481 e. The van der Waals surface area contributed by atoms with Crippen LogP contribution in [-0.4, -0.2) is 42.5 Å². The standard InChI is InChI=1S/C27H18ClN3O5/c28-17-7-8-21-19(13-17)25(15-4-2-1-3-5-15)30-27(29-21)31-14-20(23(32)10-11-24(33)34)18-12-16(26(35)36)6-9-22(18)31/h1-9,12-14H,10-11H2,(H,33,34)(H,35,36). The second-order valence-corrected chi connectivity index (χ2v) is 8.60. The minimum absolute atomic E-state index is 0.00609. The molecule has 0 amide bonds. The number of hydrogen-bond acceptors (Lipinski definition) is 5. The van der Waals surface area contributed by atoms with Crippen LogP contribution in [0.1, 0.15) is 33.6 Å². The van der Waals surface area contributed by atoms with Gasteiger partial charge in [0.15, 0.2) is 5.78 Å². The quantitative estimate of drug-likeness (QED) is 0.278. The van der Waals surface area contributed by atoms with Crippen LogP contribution in [0.2, 0.25) is 5.02 Å². The Morgan fingerprint density at radius 2 is 1.64 bits per heavy atom. The van der Waals surface area contributed by atoms with Gasteiger partial charge in [-0.2, -0.15) is 0 Å². The number of aromatic nitrogens is 3. The summed E-state index contributed by atoms with van der Waals surface area (Å²) < 4.78 is 1.62. The van der Waals surface area contributed by atoms with E-state index in [1.54, 1.807) is 28.8 Å². The van der Waals surface area contributed by atoms with Gasteiger partial charge >= 0.3 is 11.9 Å². The van der Waals surface area contributed by atoms with E-state index in [-0.39, 0.29) is 29.9 Å². The number of carbonyl (C=O) groups excluding carboxylic acids is 1. The van der Waals surface area contributed by atoms with E-state index in [1.807, 2.05) is 30.3 Å². The molecule has 36 heavy (non-hydrogen) atoms. The summed E-state index contributed by atoms with van der Waals surface area (Å²) in [6.07, 6.45) is 0.972. The van der Waals surface area contributed by atoms with E-state index >= 15 is 0 Å². The zero-order chi connectivity index (χ0) is 25.4. The summed E-state index contributed by atoms with van der Waals surface area (Å²) in [5, 5.41) is 20.2. The first-order valence-electron chi connectivity index (χ1n) is 11.0. The van der Waals surface area contributed by atoms with Gasteiger partial charge in [-0.15, -0.1) is 0 Å². The lowest BCUT2D eigenvalue weighted by Crippen LogP contribution is -2.04. The van der Waals surface area contributed by atoms with Crippen LogP contribution < -0.4 is 0 Å². The van der Waals surface area contributed by atoms with Gasteiger partial charge in [-0.1, -0.05) is 41.9 Å². The summed E-state index contributed by atoms with van der Waals surface area (Å²) >= 11 is 6.26. The molecule has 0 unspecified atom stereocenters. The molecule has 3 aromatic carbocycles. The number of rotatable bonds is 7. The van der Waals surface area contributed by atoms with Crippen molar-refractivity contribution in [2.24, 2.45) is 0 Å². The topological polar surface area (TPSA) is 122 Å². The molecular weight excluding hydrogens is 482 g/mol. The van der Waals surface area contributed by atoms with Crippen molar-refractivity contribution in [1.29, 1.82) is 0 Å². The molecule has 0 aliphatic carbocycles. The molecule has 0 fully saturated rings. The molecule has 178 valence electrons. The van der Waals surface area contributed by atoms with Gasteiger partial charge in [0, 0.05) is 39.5 Å². The van der Waals surface area contributed by atoms with Crippen LogP contribution in [0.3, 0.4) is 0 Å². The number of halogens is 1. The smallest absolute Gasteiger partial charge is 0.335 e. The molecule has 5 aromatic rings. The number of carboxylic acid groups (broad SMARTS) is 2. The van der Waals surface area contributed by atoms with E-state index in [4.69, 9.17) is 26.7 Å². The molecule has 0 saturated carbocycles. The van der Waals surface area contributed by atoms with E-state index < -0.39 is 17.7 Å². The van der Waals surface area contributed by atoms with Gasteiger partial charge in [0.25, 0.3) is 0 Å². The number of fused-ring (bicyclic) bond motifs is 2. The Labute approximate surface area is 209 Å². The van der Waals surface area contributed by atoms with E-state index in [9.17, 15) is 19.5 Å². The fourth-order valence-electron chi connectivity index (χ4n) is 4.12. The lowest BCUT2D eigenvalue weighted by Gasteiger charge is -2.11. The van der Waals surface area contributed by atoms with Crippen LogP contribution in [0.25, 0.3) is 39.0 Å². The van der Waals surface area contributed by atoms with Gasteiger partial charge in [0.2, 0.25) is 5.95 Å². The summed E-state index contributed by atoms with van der Waals surface area (Å²) in [7, 11) is 0. The highest BCUT2D eigenvalue weighted by atomic mass is 35.5. The number of carbonyl (C=O) groups is 3. The van der Waals surface area contributed by atoms with E-state index in [1.165, 1.54) is 18.3 Å². The van der Waals surface area contributed by atoms with Gasteiger partial charge < -0.3 is 10.2 Å². The summed E-state index contributed by atoms with van der Waals surface area (Å²) in [4.78, 5) is 45.1. The lowest BCUT2D eigenvalue weighted by atomic mass is 10.0. The fourth-order valence-corrected chi connectivity index (χ4v) is 4.29. The third-order valence-corrected chi connectivity index (χ3v) is 6.06. The maximum absolute atomic E-state index is 12.9. The number of hydrogen-bond donors (Lipinski definition) is 2. The van der Waals surface area contributed by atoms with Crippen molar-refractivity contribution in [3.05, 3.63) is 89.1 Å². The van der Waals surface area contributed by atoms with Gasteiger partial charge in [-0.25, -0.2) is 14.8 Å². The van der Waals surface area contributed by atoms with Crippen molar-refractivity contribution in [3.63, 3.8) is 0 Å². The Balaban J connectivity index is 1.76. The first-order valence-corrected chi connectivity index (χ1v) is 11.4. The average molecular weight is 500 g/mol. The number of benzene rings is 3. The van der Waals surface area contributed by atoms with Crippen molar-refractivity contribution < 1.29 is 24.6 Å². The largest absolute Gasteiger partial charge is 0.481 e. The molecular formula is C27H18ClN3O5. The van der Waals surface area contributed by atoms with Gasteiger partial charge in [0.05, 0.1) is 28.7 Å². The Kier molecular flexibility index (Phi) is 5.95. The van der Waals surface area contributed by atoms with Crippen LogP contribution in [0, 0.1) is 0 Å². The van der Waals surface area contributed by atoms with Crippen LogP contribution in [0.15, 0.2) is 72.9 Å². The molecule has 9 heteroatoms. The first-order chi connectivity index (χ1) is 17.3. The molecule has 0 bridgehead atoms. The van der Waals surface area contributed by atoms with E-state index in [2.05, 4.69) is 0 Å². The molecule has 0 aliphatic rings. The van der Waals surface area contributed by atoms with Crippen LogP contribution in [0.4, 0.5) is 0 Å². The normalized spacial score (nSPS) is 11.1. The second kappa shape index (κ2) is 9.24. The average Bonchev–Trinajstić information content (AvgIpc) is 3.26. The molecule has 0 saturated heterocycles. The molecule has 2 heterocycles. The molecule has 0 aliphatic heterocycles. The van der Waals surface area contributed by atoms with Gasteiger partial charge in [-0.3, -0.25) is 14.2 Å². The highest BCUT2D eigenvalue weighted by Crippen LogP contribution is 2.32. The fraction of sp³-hybridized carbons (Fsp3) is 0.0741. The third-order valence-electron chi connectivity index (χ3n) is 5.83. The van der Waals surface area contributed by atoms with Crippen LogP contribution in [-0.2, 0) is 4.79 Å². The van der Waals surface area contributed by atoms with Crippen molar-refractivity contribution in [2.45, 2.75) is 12.8 Å². The van der Waals surface area contributed by atoms with Crippen molar-refractivity contribution in [2.75, 3.05) is 0 Å². The Morgan fingerprint density at radius 3 is 2.36 bits per heavy atom. The van der Waals surface area contributed by atoms with Crippen molar-refractivity contribution >= 4 is 51.1 Å². The number of ketones is 1. The minimum atomic E-state index is -1.14. The summed E-state index contributed by atoms with van der Waals surface area (Å²) in [6.45, 7) is 0. The summed E-state index contributed by atoms with van der Waals surface area (Å²) in [5.41, 5.74) is 2.84. The van der Waals surface area contributed by atoms with E-state index in [0.717, 1.165) is 10.9 Å². The van der Waals surface area contributed by atoms with E-state index in [0.29, 0.717) is 27.1 Å². The number of aliphatic carboxylic acids is 1. The van der Waals surface area contributed by atoms with Crippen LogP contribution >= 0.6 is 11.6 Å². The Hall–Kier alpha value is -4.56. The third kappa shape index (κ3) is 4.30. The molecule has 0 atom stereocenters. The maximum atomic E-state index is 12.9. The zero-order valence-corrected chi connectivity index (χ0v) is 19.4. The SMILES string of the molecule is O=C(O)CCC(=O)c1cn(-c2nc(-c3ccccc3)c3cc(Cl)ccc3n2)c2ccc(C(=O)O)cc12. The highest BCUT2D eigenvalue weighted by molar-refractivity contribution is 6.31. The molecule has 2 N–H and O–H groups in total. The molecule has 0 spiro atoms. The predicted molar refractivity (Wildman–Crippen MR) is 135 cm³/mol. The van der Waals surface area contributed by atoms with Gasteiger partial charge in [-0.05, 0) is 36.4 Å². The van der Waals surface area contributed by atoms with Crippen molar-refractivity contribution in [1.82, 2.24) is 14.5 Å². The second-order valence-electron chi connectivity index (χ2n) is 8.17.